The van der Waals surface area contributed by atoms with E-state index in [1.54, 1.807) is 7.11 Å². The fourth-order valence-corrected chi connectivity index (χ4v) is 5.76. The third kappa shape index (κ3) is 11.6. The molecule has 5 aromatic carbocycles. The number of hydrogen-bond donors (Lipinski definition) is 1. The van der Waals surface area contributed by atoms with E-state index < -0.39 is 0 Å². The van der Waals surface area contributed by atoms with Gasteiger partial charge in [0.1, 0.15) is 5.75 Å². The highest BCUT2D eigenvalue weighted by molar-refractivity contribution is 5.98. The predicted molar refractivity (Wildman–Crippen MR) is 226 cm³/mol. The van der Waals surface area contributed by atoms with Crippen molar-refractivity contribution in [2.24, 2.45) is 5.73 Å². The molecule has 2 N–H and O–H groups in total. The molecule has 2 nitrogen and oxygen atoms in total. The summed E-state index contributed by atoms with van der Waals surface area (Å²) in [7, 11) is 1.75. The fraction of sp³-hybridized carbons (Fsp3) is 0.224. The van der Waals surface area contributed by atoms with Crippen molar-refractivity contribution in [1.29, 1.82) is 0 Å². The van der Waals surface area contributed by atoms with E-state index in [9.17, 15) is 0 Å². The zero-order valence-electron chi connectivity index (χ0n) is 32.3. The molecule has 0 unspecified atom stereocenters. The van der Waals surface area contributed by atoms with Crippen LogP contribution in [0.1, 0.15) is 66.5 Å². The second kappa shape index (κ2) is 23.9. The van der Waals surface area contributed by atoms with Crippen molar-refractivity contribution in [3.8, 4) is 50.3 Å². The molecule has 0 spiro atoms. The molecule has 5 rings (SSSR count). The van der Waals surface area contributed by atoms with Crippen molar-refractivity contribution in [2.75, 3.05) is 13.7 Å². The van der Waals surface area contributed by atoms with E-state index in [0.29, 0.717) is 6.54 Å². The lowest BCUT2D eigenvalue weighted by Crippen LogP contribution is -2.06. The van der Waals surface area contributed by atoms with Crippen LogP contribution in [-0.4, -0.2) is 13.7 Å². The Morgan fingerprint density at radius 3 is 1.55 bits per heavy atom. The molecule has 0 saturated heterocycles. The summed E-state index contributed by atoms with van der Waals surface area (Å²) in [5.41, 5.74) is 24.4. The molecule has 2 heteroatoms. The van der Waals surface area contributed by atoms with E-state index in [1.165, 1.54) is 39.0 Å². The van der Waals surface area contributed by atoms with Gasteiger partial charge < -0.3 is 10.5 Å². The lowest BCUT2D eigenvalue weighted by Gasteiger charge is -2.22. The highest BCUT2D eigenvalue weighted by Crippen LogP contribution is 2.45. The van der Waals surface area contributed by atoms with E-state index >= 15 is 0 Å². The van der Waals surface area contributed by atoms with Gasteiger partial charge >= 0.3 is 0 Å². The molecule has 0 aliphatic heterocycles. The lowest BCUT2D eigenvalue weighted by molar-refractivity contribution is 0.411. The molecule has 0 fully saturated rings. The average Bonchev–Trinajstić information content (AvgIpc) is 3.21. The summed E-state index contributed by atoms with van der Waals surface area (Å²) in [6.45, 7) is 16.5. The fourth-order valence-electron chi connectivity index (χ4n) is 5.76. The summed E-state index contributed by atoms with van der Waals surface area (Å²) >= 11 is 0. The van der Waals surface area contributed by atoms with Crippen LogP contribution in [0.2, 0.25) is 0 Å². The maximum Gasteiger partial charge on any atom is 0.129 e. The molecular formula is C49H57NO. The molecule has 264 valence electrons. The smallest absolute Gasteiger partial charge is 0.129 e. The summed E-state index contributed by atoms with van der Waals surface area (Å²) < 4.78 is 6.03. The second-order valence-electron chi connectivity index (χ2n) is 10.9. The van der Waals surface area contributed by atoms with Crippen molar-refractivity contribution in [2.45, 2.75) is 61.8 Å². The molecule has 0 aliphatic rings. The first kappa shape index (κ1) is 41.8. The van der Waals surface area contributed by atoms with Gasteiger partial charge in [0.05, 0.1) is 7.11 Å². The summed E-state index contributed by atoms with van der Waals surface area (Å²) in [4.78, 5) is 0. The Morgan fingerprint density at radius 1 is 0.608 bits per heavy atom. The minimum absolute atomic E-state index is 0.540. The van der Waals surface area contributed by atoms with Gasteiger partial charge in [0.15, 0.2) is 0 Å². The number of allylic oxidation sites excluding steroid dienone is 6. The number of hydrogen-bond acceptors (Lipinski definition) is 2. The van der Waals surface area contributed by atoms with Crippen LogP contribution in [0.25, 0.3) is 50.1 Å². The number of ether oxygens (including phenoxy) is 1. The van der Waals surface area contributed by atoms with E-state index in [-0.39, 0.29) is 0 Å². The molecule has 0 bridgehead atoms. The Hall–Kier alpha value is -5.36. The topological polar surface area (TPSA) is 35.2 Å². The molecule has 51 heavy (non-hydrogen) atoms. The van der Waals surface area contributed by atoms with Gasteiger partial charge in [0.25, 0.3) is 0 Å². The van der Waals surface area contributed by atoms with Crippen LogP contribution in [0.4, 0.5) is 0 Å². The van der Waals surface area contributed by atoms with Crippen LogP contribution in [0, 0.1) is 0 Å². The number of nitrogens with two attached hydrogens (primary N) is 1. The monoisotopic (exact) mass is 675 g/mol. The Labute approximate surface area is 309 Å². The van der Waals surface area contributed by atoms with Crippen LogP contribution < -0.4 is 10.5 Å². The molecule has 0 aliphatic carbocycles. The van der Waals surface area contributed by atoms with Gasteiger partial charge in [-0.05, 0) is 133 Å². The summed E-state index contributed by atoms with van der Waals surface area (Å²) in [5, 5.41) is 0. The van der Waals surface area contributed by atoms with Crippen LogP contribution >= 0.6 is 0 Å². The Bertz CT molecular complexity index is 1890. The first-order chi connectivity index (χ1) is 25.1. The first-order valence-corrected chi connectivity index (χ1v) is 18.2. The van der Waals surface area contributed by atoms with E-state index in [4.69, 9.17) is 10.5 Å². The number of benzene rings is 5. The van der Waals surface area contributed by atoms with E-state index in [1.807, 2.05) is 59.8 Å². The maximum absolute atomic E-state index is 6.13. The molecule has 0 saturated carbocycles. The Kier molecular flexibility index (Phi) is 19.6. The van der Waals surface area contributed by atoms with Gasteiger partial charge in [-0.3, -0.25) is 0 Å². The number of rotatable bonds is 9. The van der Waals surface area contributed by atoms with Crippen LogP contribution in [-0.2, 0) is 6.42 Å². The molecule has 0 amide bonds. The number of methoxy groups -OCH3 is 1. The third-order valence-corrected chi connectivity index (χ3v) is 7.83. The highest BCUT2D eigenvalue weighted by Gasteiger charge is 2.21. The average molecular weight is 676 g/mol. The SMILES string of the molecule is C/C=C\C(=C/C)c1cc(-c2ccccc2)cc(-c2ccccc2)c1-c1cc(CCN)c(OC)c(-c2ccccc2)c1.CC.CC.CC=C=C=CC. The Morgan fingerprint density at radius 2 is 1.10 bits per heavy atom. The molecular weight excluding hydrogens is 619 g/mol. The third-order valence-electron chi connectivity index (χ3n) is 7.83. The van der Waals surface area contributed by atoms with Crippen LogP contribution in [0.3, 0.4) is 0 Å². The Balaban J connectivity index is 0.000000806. The molecule has 0 atom stereocenters. The van der Waals surface area contributed by atoms with Crippen molar-refractivity contribution in [1.82, 2.24) is 0 Å². The minimum atomic E-state index is 0.540. The molecule has 0 radical (unpaired) electrons. The zero-order chi connectivity index (χ0) is 37.4. The first-order valence-electron chi connectivity index (χ1n) is 18.2. The largest absolute Gasteiger partial charge is 0.496 e. The van der Waals surface area contributed by atoms with Gasteiger partial charge in [0.2, 0.25) is 0 Å². The van der Waals surface area contributed by atoms with Crippen LogP contribution in [0.5, 0.6) is 5.75 Å². The molecule has 5 aromatic rings. The lowest BCUT2D eigenvalue weighted by atomic mass is 9.82. The summed E-state index contributed by atoms with van der Waals surface area (Å²) in [5.74, 6) is 0.883. The van der Waals surface area contributed by atoms with Crippen molar-refractivity contribution < 1.29 is 4.74 Å². The van der Waals surface area contributed by atoms with E-state index in [0.717, 1.165) is 34.4 Å². The molecule has 0 aromatic heterocycles. The predicted octanol–water partition coefficient (Wildman–Crippen LogP) is 13.8. The normalized spacial score (nSPS) is 10.2. The summed E-state index contributed by atoms with van der Waals surface area (Å²) in [6.07, 6.45) is 10.9. The quantitative estimate of drug-likeness (QED) is 0.125. The zero-order valence-corrected chi connectivity index (χ0v) is 32.3. The van der Waals surface area contributed by atoms with E-state index in [2.05, 4.69) is 153 Å². The van der Waals surface area contributed by atoms with Crippen molar-refractivity contribution in [3.63, 3.8) is 0 Å². The van der Waals surface area contributed by atoms with Gasteiger partial charge in [-0.15, -0.1) is 0 Å². The van der Waals surface area contributed by atoms with Gasteiger partial charge in [-0.25, -0.2) is 0 Å². The standard InChI is InChI=1S/C39H37NO.C6H8.2C2H6/c1-4-15-28(5-2)35-25-33(29-16-9-6-10-17-29)26-36(30-18-11-7-12-19-30)38(35)34-24-32(22-23-40)39(41-3)37(27-34)31-20-13-8-14-21-31;1-3-5-6-4-2;2*1-2/h4-21,24-27H,22-23,40H2,1-3H3;3-4H,1-2H3;2*1-2H3/b15-4-,28-5+;;;. The highest BCUT2D eigenvalue weighted by atomic mass is 16.5. The summed E-state index contributed by atoms with van der Waals surface area (Å²) in [6, 6.07) is 41.0. The van der Waals surface area contributed by atoms with Gasteiger partial charge in [-0.1, -0.05) is 148 Å². The minimum Gasteiger partial charge on any atom is -0.496 e. The maximum atomic E-state index is 6.13. The van der Waals surface area contributed by atoms with Crippen molar-refractivity contribution >= 4 is 5.57 Å². The van der Waals surface area contributed by atoms with Crippen LogP contribution in [0.15, 0.2) is 157 Å². The molecule has 0 heterocycles. The van der Waals surface area contributed by atoms with Crippen molar-refractivity contribution in [3.05, 3.63) is 168 Å². The van der Waals surface area contributed by atoms with Gasteiger partial charge in [-0.2, -0.15) is 0 Å². The second-order valence-corrected chi connectivity index (χ2v) is 10.9. The van der Waals surface area contributed by atoms with Gasteiger partial charge in [0, 0.05) is 5.56 Å².